The Labute approximate surface area is 235 Å². The third-order valence-electron chi connectivity index (χ3n) is 3.13. The van der Waals surface area contributed by atoms with Crippen LogP contribution >= 0.6 is 25.3 Å². The van der Waals surface area contributed by atoms with Gasteiger partial charge in [-0.05, 0) is 35.0 Å². The van der Waals surface area contributed by atoms with Crippen LogP contribution in [0.15, 0.2) is 73.1 Å². The summed E-state index contributed by atoms with van der Waals surface area (Å²) in [7, 11) is 0. The molecule has 0 aliphatic rings. The number of aromatic nitrogens is 2. The zero-order valence-corrected chi connectivity index (χ0v) is 23.6. The van der Waals surface area contributed by atoms with E-state index in [1.165, 1.54) is 21.8 Å². The van der Waals surface area contributed by atoms with Crippen LogP contribution in [0.25, 0.3) is 21.8 Å². The molecule has 4 N–H and O–H groups in total. The molecular weight excluding hydrogens is 442 g/mol. The molecular formula is C20H26N2Na2O2S3. The smallest absolute Gasteiger partial charge is 1.00 e. The van der Waals surface area contributed by atoms with Gasteiger partial charge < -0.3 is 33.7 Å². The van der Waals surface area contributed by atoms with E-state index in [4.69, 9.17) is 10.2 Å². The Morgan fingerprint density at radius 1 is 0.621 bits per heavy atom. The number of aliphatic hydroxyl groups is 2. The first kappa shape index (κ1) is 34.1. The van der Waals surface area contributed by atoms with E-state index in [2.05, 4.69) is 71.6 Å². The third-order valence-corrected chi connectivity index (χ3v) is 3.53. The molecule has 9 heteroatoms. The topological polar surface area (TPSA) is 72.0 Å². The van der Waals surface area contributed by atoms with Gasteiger partial charge in [0.1, 0.15) is 0 Å². The summed E-state index contributed by atoms with van der Waals surface area (Å²) in [5.41, 5.74) is 2.41. The molecule has 4 rings (SSSR count). The summed E-state index contributed by atoms with van der Waals surface area (Å²) in [5.74, 6) is 1.14. The van der Waals surface area contributed by atoms with Gasteiger partial charge in [-0.25, -0.2) is 0 Å². The molecule has 0 unspecified atom stereocenters. The Balaban J connectivity index is -0.000000322. The van der Waals surface area contributed by atoms with Crippen LogP contribution in [0.5, 0.6) is 0 Å². The first-order valence-electron chi connectivity index (χ1n) is 8.24. The number of thiol groups is 2. The van der Waals surface area contributed by atoms with Crippen molar-refractivity contribution in [2.45, 2.75) is 0 Å². The van der Waals surface area contributed by atoms with Crippen LogP contribution < -0.4 is 59.1 Å². The maximum absolute atomic E-state index is 7.80. The van der Waals surface area contributed by atoms with Gasteiger partial charge in [0.2, 0.25) is 0 Å². The number of H-pyrrole nitrogens is 2. The summed E-state index contributed by atoms with van der Waals surface area (Å²) in [6, 6.07) is 20.6. The Bertz CT molecular complexity index is 710. The Morgan fingerprint density at radius 2 is 0.931 bits per heavy atom. The van der Waals surface area contributed by atoms with Crippen LogP contribution in [0.1, 0.15) is 0 Å². The molecule has 148 valence electrons. The van der Waals surface area contributed by atoms with E-state index in [1.807, 2.05) is 36.7 Å². The van der Waals surface area contributed by atoms with Crippen molar-refractivity contribution in [3.05, 3.63) is 73.1 Å². The first-order valence-corrected chi connectivity index (χ1v) is 9.51. The van der Waals surface area contributed by atoms with Gasteiger partial charge in [-0.1, -0.05) is 36.4 Å². The summed E-state index contributed by atoms with van der Waals surface area (Å²) >= 11 is 7.34. The zero-order valence-electron chi connectivity index (χ0n) is 17.0. The van der Waals surface area contributed by atoms with Crippen molar-refractivity contribution >= 4 is 60.6 Å². The van der Waals surface area contributed by atoms with E-state index < -0.39 is 0 Å². The number of aliphatic hydroxyl groups excluding tert-OH is 2. The Kier molecular flexibility index (Phi) is 27.2. The number of hydrogen-bond acceptors (Lipinski definition) is 4. The van der Waals surface area contributed by atoms with Gasteiger partial charge in [-0.15, -0.1) is 0 Å². The quantitative estimate of drug-likeness (QED) is 0.155. The molecule has 0 spiro atoms. The molecule has 4 nitrogen and oxygen atoms in total. The molecule has 2 aromatic heterocycles. The Morgan fingerprint density at radius 3 is 1.21 bits per heavy atom. The average Bonchev–Trinajstić information content (AvgIpc) is 3.37. The summed E-state index contributed by atoms with van der Waals surface area (Å²) < 4.78 is 0. The second-order valence-corrected chi connectivity index (χ2v) is 5.92. The predicted molar refractivity (Wildman–Crippen MR) is 126 cm³/mol. The van der Waals surface area contributed by atoms with Crippen molar-refractivity contribution in [1.82, 2.24) is 9.97 Å². The number of fused-ring (bicyclic) bond motifs is 2. The maximum atomic E-state index is 7.80. The number of nitrogens with one attached hydrogen (secondary N) is 2. The molecule has 0 fully saturated rings. The second-order valence-electron chi connectivity index (χ2n) is 5.02. The number of rotatable bonds is 2. The van der Waals surface area contributed by atoms with Crippen molar-refractivity contribution in [3.63, 3.8) is 0 Å². The molecule has 0 bridgehead atoms. The number of aromatic amines is 2. The van der Waals surface area contributed by atoms with Crippen molar-refractivity contribution in [3.8, 4) is 0 Å². The molecule has 29 heavy (non-hydrogen) atoms. The molecule has 0 saturated heterocycles. The van der Waals surface area contributed by atoms with Gasteiger partial charge in [0.05, 0.1) is 13.2 Å². The van der Waals surface area contributed by atoms with Gasteiger partial charge in [0, 0.05) is 34.9 Å². The van der Waals surface area contributed by atoms with Crippen molar-refractivity contribution in [1.29, 1.82) is 0 Å². The van der Waals surface area contributed by atoms with E-state index in [0.717, 1.165) is 0 Å². The number of para-hydroxylation sites is 2. The van der Waals surface area contributed by atoms with Crippen LogP contribution in [-0.4, -0.2) is 44.9 Å². The SMILES string of the molecule is OCCS.OCCS.[Na+].[Na+].[S-2].c1ccc2[nH]ccc2c1.c1ccc2[nH]ccc2c1. The molecule has 0 amide bonds. The zero-order chi connectivity index (χ0) is 19.0. The van der Waals surface area contributed by atoms with Crippen molar-refractivity contribution in [2.24, 2.45) is 0 Å². The van der Waals surface area contributed by atoms with Gasteiger partial charge in [-0.2, -0.15) is 25.3 Å². The van der Waals surface area contributed by atoms with Crippen LogP contribution in [0.2, 0.25) is 0 Å². The van der Waals surface area contributed by atoms with Crippen LogP contribution in [-0.2, 0) is 13.5 Å². The summed E-state index contributed by atoms with van der Waals surface area (Å²) in [4.78, 5) is 6.24. The fourth-order valence-electron chi connectivity index (χ4n) is 1.99. The van der Waals surface area contributed by atoms with Crippen LogP contribution in [0.3, 0.4) is 0 Å². The largest absolute Gasteiger partial charge is 2.00 e. The maximum Gasteiger partial charge on any atom is 1.00 e. The van der Waals surface area contributed by atoms with E-state index in [0.29, 0.717) is 11.5 Å². The average molecular weight is 469 g/mol. The number of hydrogen-bond donors (Lipinski definition) is 6. The molecule has 0 radical (unpaired) electrons. The first-order chi connectivity index (χ1) is 12.8. The summed E-state index contributed by atoms with van der Waals surface area (Å²) in [6.45, 7) is 0.367. The van der Waals surface area contributed by atoms with Crippen molar-refractivity contribution < 1.29 is 69.3 Å². The van der Waals surface area contributed by atoms with Crippen LogP contribution in [0.4, 0.5) is 0 Å². The van der Waals surface area contributed by atoms with E-state index in [9.17, 15) is 0 Å². The third kappa shape index (κ3) is 15.0. The van der Waals surface area contributed by atoms with Crippen LogP contribution in [0, 0.1) is 0 Å². The molecule has 2 aromatic carbocycles. The molecule has 0 atom stereocenters. The minimum Gasteiger partial charge on any atom is -2.00 e. The second kappa shape index (κ2) is 23.2. The standard InChI is InChI=1S/2C8H7N.2C2H6OS.2Na.S/c2*1-2-4-8-7(3-1)5-6-9-8;2*3-1-2-4;;;/h2*1-6,9H;2*3-4H,1-2H2;;;/q;;;;2*+1;-2. The van der Waals surface area contributed by atoms with Gasteiger partial charge >= 0.3 is 59.1 Å². The molecule has 0 aliphatic heterocycles. The summed E-state index contributed by atoms with van der Waals surface area (Å²) in [6.07, 6.45) is 3.90. The minimum absolute atomic E-state index is 0. The van der Waals surface area contributed by atoms with E-state index >= 15 is 0 Å². The van der Waals surface area contributed by atoms with Crippen molar-refractivity contribution in [2.75, 3.05) is 24.7 Å². The van der Waals surface area contributed by atoms with E-state index in [-0.39, 0.29) is 85.8 Å². The van der Waals surface area contributed by atoms with Gasteiger partial charge in [0.25, 0.3) is 0 Å². The monoisotopic (exact) mass is 468 g/mol. The van der Waals surface area contributed by atoms with E-state index in [1.54, 1.807) is 0 Å². The van der Waals surface area contributed by atoms with Gasteiger partial charge in [0.15, 0.2) is 0 Å². The van der Waals surface area contributed by atoms with Gasteiger partial charge in [-0.3, -0.25) is 0 Å². The number of benzene rings is 2. The predicted octanol–water partition coefficient (Wildman–Crippen LogP) is -1.84. The molecule has 4 aromatic rings. The fraction of sp³-hybridized carbons (Fsp3) is 0.200. The minimum atomic E-state index is 0. The Hall–Kier alpha value is 0.490. The fourth-order valence-corrected chi connectivity index (χ4v) is 1.99. The molecule has 0 saturated carbocycles. The summed E-state index contributed by atoms with van der Waals surface area (Å²) in [5, 5.41) is 18.1. The normalized spacial score (nSPS) is 8.41. The molecule has 2 heterocycles. The molecule has 0 aliphatic carbocycles.